The standard InChI is InChI=1S/C27H25N7O8S2/c1-14-29-27(31-30-14)44-13-16-12-43-25-22(24(37)33(25)21(16)26(38)39)32(23(36)20(28)15-7-3-2-4-8-15)19(35)11-42-18-10-6-5-9-17(18)34(40)41/h2-10,20,22,25H,11-13,28H2,1H3,(H,38,39)(H,29,30,31)/t20-,22?,25-/m1/s1. The van der Waals surface area contributed by atoms with Crippen molar-refractivity contribution in [3.8, 4) is 5.75 Å². The lowest BCUT2D eigenvalue weighted by Gasteiger charge is -2.52. The van der Waals surface area contributed by atoms with Gasteiger partial charge < -0.3 is 15.6 Å². The number of H-pyrrole nitrogens is 1. The van der Waals surface area contributed by atoms with Crippen LogP contribution >= 0.6 is 23.5 Å². The summed E-state index contributed by atoms with van der Waals surface area (Å²) in [6, 6.07) is 10.9. The van der Waals surface area contributed by atoms with Gasteiger partial charge in [-0.15, -0.1) is 16.9 Å². The molecule has 3 heterocycles. The van der Waals surface area contributed by atoms with E-state index in [9.17, 15) is 34.4 Å². The van der Waals surface area contributed by atoms with Crippen molar-refractivity contribution in [3.05, 3.63) is 87.4 Å². The van der Waals surface area contributed by atoms with E-state index in [0.29, 0.717) is 27.0 Å². The number of thioether (sulfide) groups is 2. The molecular formula is C27H25N7O8S2. The molecule has 44 heavy (non-hydrogen) atoms. The van der Waals surface area contributed by atoms with Gasteiger partial charge in [-0.2, -0.15) is 0 Å². The van der Waals surface area contributed by atoms with Gasteiger partial charge in [-0.1, -0.05) is 54.2 Å². The number of nitro benzene ring substituents is 1. The second kappa shape index (κ2) is 12.9. The molecule has 0 saturated carbocycles. The van der Waals surface area contributed by atoms with Crippen molar-refractivity contribution in [2.45, 2.75) is 29.5 Å². The molecular weight excluding hydrogens is 614 g/mol. The number of ether oxygens (including phenoxy) is 1. The highest BCUT2D eigenvalue weighted by atomic mass is 32.2. The van der Waals surface area contributed by atoms with Crippen molar-refractivity contribution < 1.29 is 33.9 Å². The summed E-state index contributed by atoms with van der Waals surface area (Å²) in [5, 5.41) is 27.7. The molecule has 228 valence electrons. The summed E-state index contributed by atoms with van der Waals surface area (Å²) in [7, 11) is 0. The number of aryl methyl sites for hydroxylation is 1. The molecule has 1 unspecified atom stereocenters. The van der Waals surface area contributed by atoms with Crippen molar-refractivity contribution in [2.24, 2.45) is 5.73 Å². The SMILES string of the molecule is Cc1nc(SCC2=C(C(=O)O)N3C(=O)C(N(C(=O)COc4ccccc4[N+](=O)[O-])C(=O)[C@H](N)c4ccccc4)[C@H]3SC2)n[nH]1. The lowest BCUT2D eigenvalue weighted by molar-refractivity contribution is -0.385. The quantitative estimate of drug-likeness (QED) is 0.118. The number of carbonyl (C=O) groups excluding carboxylic acids is 3. The molecule has 2 aromatic carbocycles. The van der Waals surface area contributed by atoms with Gasteiger partial charge in [0, 0.05) is 17.6 Å². The number of fused-ring (bicyclic) bond motifs is 1. The maximum atomic E-state index is 13.8. The van der Waals surface area contributed by atoms with Gasteiger partial charge in [-0.05, 0) is 24.1 Å². The van der Waals surface area contributed by atoms with Crippen LogP contribution < -0.4 is 10.5 Å². The monoisotopic (exact) mass is 639 g/mol. The van der Waals surface area contributed by atoms with Crippen LogP contribution in [0.15, 0.2) is 71.0 Å². The van der Waals surface area contributed by atoms with E-state index in [4.69, 9.17) is 10.5 Å². The van der Waals surface area contributed by atoms with E-state index in [2.05, 4.69) is 15.2 Å². The molecule has 3 amide bonds. The summed E-state index contributed by atoms with van der Waals surface area (Å²) in [6.07, 6.45) is 0. The molecule has 1 aromatic heterocycles. The fraction of sp³-hybridized carbons (Fsp3) is 0.259. The lowest BCUT2D eigenvalue weighted by atomic mass is 9.99. The normalized spacial score (nSPS) is 18.2. The number of hydrogen-bond donors (Lipinski definition) is 3. The van der Waals surface area contributed by atoms with Crippen LogP contribution in [0.1, 0.15) is 17.4 Å². The van der Waals surface area contributed by atoms with Gasteiger partial charge in [0.1, 0.15) is 29.0 Å². The Kier molecular flexibility index (Phi) is 8.98. The number of carboxylic acid groups (broad SMARTS) is 1. The van der Waals surface area contributed by atoms with Crippen LogP contribution in [0.4, 0.5) is 5.69 Å². The minimum absolute atomic E-state index is 0.191. The number of nitrogens with zero attached hydrogens (tertiary/aromatic N) is 5. The molecule has 0 bridgehead atoms. The third kappa shape index (κ3) is 6.01. The number of nitrogens with two attached hydrogens (primary N) is 1. The molecule has 2 aliphatic rings. The van der Waals surface area contributed by atoms with Crippen molar-refractivity contribution in [1.29, 1.82) is 0 Å². The van der Waals surface area contributed by atoms with Crippen LogP contribution in [-0.4, -0.2) is 88.2 Å². The summed E-state index contributed by atoms with van der Waals surface area (Å²) in [6.45, 7) is 0.905. The first-order valence-electron chi connectivity index (χ1n) is 13.0. The van der Waals surface area contributed by atoms with Crippen molar-refractivity contribution in [3.63, 3.8) is 0 Å². The number of β-lactam (4-membered cyclic amide) rings is 1. The number of aromatic amines is 1. The molecule has 3 aromatic rings. The second-order valence-corrected chi connectivity index (χ2v) is 11.7. The third-order valence-electron chi connectivity index (χ3n) is 6.80. The number of nitrogens with one attached hydrogen (secondary N) is 1. The van der Waals surface area contributed by atoms with Gasteiger partial charge in [-0.25, -0.2) is 9.78 Å². The lowest BCUT2D eigenvalue weighted by Crippen LogP contribution is -2.73. The summed E-state index contributed by atoms with van der Waals surface area (Å²) in [5.74, 6) is -3.24. The van der Waals surface area contributed by atoms with Crippen LogP contribution in [0.3, 0.4) is 0 Å². The van der Waals surface area contributed by atoms with Gasteiger partial charge in [-0.3, -0.25) is 39.4 Å². The van der Waals surface area contributed by atoms with E-state index >= 15 is 0 Å². The fourth-order valence-electron chi connectivity index (χ4n) is 4.72. The fourth-order valence-corrected chi connectivity index (χ4v) is 7.10. The molecule has 3 atom stereocenters. The summed E-state index contributed by atoms with van der Waals surface area (Å²) >= 11 is 2.39. The number of rotatable bonds is 11. The van der Waals surface area contributed by atoms with Gasteiger partial charge >= 0.3 is 11.7 Å². The zero-order valence-electron chi connectivity index (χ0n) is 23.0. The third-order valence-corrected chi connectivity index (χ3v) is 9.05. The largest absolute Gasteiger partial charge is 0.477 e. The number of amides is 3. The van der Waals surface area contributed by atoms with E-state index in [-0.39, 0.29) is 23.0 Å². The molecule has 15 nitrogen and oxygen atoms in total. The highest BCUT2D eigenvalue weighted by molar-refractivity contribution is 8.01. The zero-order valence-corrected chi connectivity index (χ0v) is 24.6. The first-order valence-corrected chi connectivity index (χ1v) is 15.1. The Labute approximate surface area is 258 Å². The number of aromatic nitrogens is 3. The number of carbonyl (C=O) groups is 4. The molecule has 0 radical (unpaired) electrons. The van der Waals surface area contributed by atoms with Crippen LogP contribution in [-0.2, 0) is 19.2 Å². The summed E-state index contributed by atoms with van der Waals surface area (Å²) in [5.41, 5.74) is 6.44. The van der Waals surface area contributed by atoms with Crippen molar-refractivity contribution in [1.82, 2.24) is 25.0 Å². The molecule has 4 N–H and O–H groups in total. The number of imide groups is 1. The maximum absolute atomic E-state index is 13.8. The van der Waals surface area contributed by atoms with E-state index in [1.807, 2.05) is 0 Å². The van der Waals surface area contributed by atoms with Crippen LogP contribution in [0.25, 0.3) is 0 Å². The number of nitro groups is 1. The van der Waals surface area contributed by atoms with Gasteiger partial charge in [0.05, 0.1) is 4.92 Å². The number of para-hydroxylation sites is 2. The Morgan fingerprint density at radius 3 is 2.61 bits per heavy atom. The second-order valence-electron chi connectivity index (χ2n) is 9.61. The number of aliphatic carboxylic acids is 1. The van der Waals surface area contributed by atoms with E-state index in [0.717, 1.165) is 4.90 Å². The number of hydrogen-bond acceptors (Lipinski definition) is 12. The summed E-state index contributed by atoms with van der Waals surface area (Å²) < 4.78 is 5.44. The first kappa shape index (κ1) is 30.7. The highest BCUT2D eigenvalue weighted by Gasteiger charge is 2.58. The molecule has 5 rings (SSSR count). The minimum Gasteiger partial charge on any atom is -0.477 e. The first-order chi connectivity index (χ1) is 21.1. The highest BCUT2D eigenvalue weighted by Crippen LogP contribution is 2.44. The van der Waals surface area contributed by atoms with E-state index < -0.39 is 58.4 Å². The van der Waals surface area contributed by atoms with Gasteiger partial charge in [0.25, 0.3) is 17.7 Å². The Bertz CT molecular complexity index is 1660. The van der Waals surface area contributed by atoms with Gasteiger partial charge in [0.2, 0.25) is 5.16 Å². The molecule has 1 saturated heterocycles. The Balaban J connectivity index is 1.42. The molecule has 0 spiro atoms. The van der Waals surface area contributed by atoms with Crippen molar-refractivity contribution >= 4 is 52.9 Å². The van der Waals surface area contributed by atoms with Crippen molar-refractivity contribution in [2.75, 3.05) is 18.1 Å². The predicted molar refractivity (Wildman–Crippen MR) is 157 cm³/mol. The number of benzene rings is 2. The maximum Gasteiger partial charge on any atom is 0.352 e. The average molecular weight is 640 g/mol. The van der Waals surface area contributed by atoms with E-state index in [1.165, 1.54) is 47.8 Å². The zero-order chi connectivity index (χ0) is 31.5. The molecule has 2 aliphatic heterocycles. The minimum atomic E-state index is -1.39. The van der Waals surface area contributed by atoms with Crippen LogP contribution in [0, 0.1) is 17.0 Å². The molecule has 1 fully saturated rings. The average Bonchev–Trinajstić information content (AvgIpc) is 3.45. The van der Waals surface area contributed by atoms with Crippen LogP contribution in [0.5, 0.6) is 5.75 Å². The van der Waals surface area contributed by atoms with Crippen LogP contribution in [0.2, 0.25) is 0 Å². The predicted octanol–water partition coefficient (Wildman–Crippen LogP) is 1.87. The van der Waals surface area contributed by atoms with E-state index in [1.54, 1.807) is 37.3 Å². The molecule has 0 aliphatic carbocycles. The number of carboxylic acids is 1. The Hall–Kier alpha value is -4.74. The molecule has 17 heteroatoms. The Morgan fingerprint density at radius 1 is 1.25 bits per heavy atom. The topological polar surface area (TPSA) is 215 Å². The van der Waals surface area contributed by atoms with Gasteiger partial charge in [0.15, 0.2) is 12.4 Å². The smallest absolute Gasteiger partial charge is 0.352 e. The summed E-state index contributed by atoms with van der Waals surface area (Å²) in [4.78, 5) is 70.0. The Morgan fingerprint density at radius 2 is 1.95 bits per heavy atom.